The van der Waals surface area contributed by atoms with Crippen LogP contribution in [0.25, 0.3) is 11.0 Å². The molecule has 0 aliphatic rings. The molecule has 6 heteroatoms. The second-order valence-corrected chi connectivity index (χ2v) is 2.64. The lowest BCUT2D eigenvalue weighted by molar-refractivity contribution is 0.315. The highest BCUT2D eigenvalue weighted by atomic mass is 32.1. The smallest absolute Gasteiger partial charge is 0.165 e. The van der Waals surface area contributed by atoms with Crippen molar-refractivity contribution in [3.8, 4) is 0 Å². The van der Waals surface area contributed by atoms with Gasteiger partial charge in [-0.1, -0.05) is 0 Å². The lowest BCUT2D eigenvalue weighted by Gasteiger charge is -1.90. The predicted molar refractivity (Wildman–Crippen MR) is 44.5 cm³/mol. The number of fused-ring (bicyclic) bond motifs is 1. The van der Waals surface area contributed by atoms with Crippen molar-refractivity contribution in [3.05, 3.63) is 17.0 Å². The van der Waals surface area contributed by atoms with Crippen LogP contribution < -0.4 is 0 Å². The number of benzene rings is 1. The number of thiol groups is 1. The Bertz CT molecular complexity index is 439. The SMILES string of the molecule is O=Nc1ccc(S)c2nonc12. The van der Waals surface area contributed by atoms with Crippen molar-refractivity contribution in [3.63, 3.8) is 0 Å². The van der Waals surface area contributed by atoms with Gasteiger partial charge in [0.25, 0.3) is 0 Å². The molecule has 0 radical (unpaired) electrons. The minimum absolute atomic E-state index is 0.212. The van der Waals surface area contributed by atoms with Crippen LogP contribution in [0.1, 0.15) is 0 Å². The van der Waals surface area contributed by atoms with Crippen LogP contribution in [-0.4, -0.2) is 10.3 Å². The molecule has 0 aliphatic carbocycles. The third-order valence-corrected chi connectivity index (χ3v) is 1.83. The maximum atomic E-state index is 10.2. The van der Waals surface area contributed by atoms with E-state index in [2.05, 4.69) is 32.7 Å². The fourth-order valence-electron chi connectivity index (χ4n) is 0.914. The van der Waals surface area contributed by atoms with Crippen molar-refractivity contribution in [2.75, 3.05) is 0 Å². The van der Waals surface area contributed by atoms with Gasteiger partial charge in [-0.2, -0.15) is 0 Å². The Kier molecular flexibility index (Phi) is 1.54. The highest BCUT2D eigenvalue weighted by Crippen LogP contribution is 2.27. The highest BCUT2D eigenvalue weighted by molar-refractivity contribution is 7.80. The first kappa shape index (κ1) is 7.23. The molecule has 0 saturated carbocycles. The van der Waals surface area contributed by atoms with Gasteiger partial charge < -0.3 is 0 Å². The Morgan fingerprint density at radius 3 is 2.83 bits per heavy atom. The first-order chi connectivity index (χ1) is 5.83. The van der Waals surface area contributed by atoms with Crippen LogP contribution in [0.5, 0.6) is 0 Å². The first-order valence-corrected chi connectivity index (χ1v) is 3.55. The molecule has 0 spiro atoms. The maximum Gasteiger partial charge on any atom is 0.165 e. The molecule has 0 atom stereocenters. The van der Waals surface area contributed by atoms with E-state index in [4.69, 9.17) is 0 Å². The number of hydrogen-bond donors (Lipinski definition) is 1. The van der Waals surface area contributed by atoms with E-state index in [1.54, 1.807) is 6.07 Å². The van der Waals surface area contributed by atoms with E-state index in [-0.39, 0.29) is 5.69 Å². The van der Waals surface area contributed by atoms with Gasteiger partial charge in [-0.05, 0) is 27.6 Å². The summed E-state index contributed by atoms with van der Waals surface area (Å²) in [6.45, 7) is 0. The van der Waals surface area contributed by atoms with Crippen LogP contribution in [0, 0.1) is 4.91 Å². The van der Waals surface area contributed by atoms with Gasteiger partial charge in [0, 0.05) is 4.90 Å². The molecule has 60 valence electrons. The van der Waals surface area contributed by atoms with Gasteiger partial charge >= 0.3 is 0 Å². The molecule has 0 saturated heterocycles. The summed E-state index contributed by atoms with van der Waals surface area (Å²) in [6.07, 6.45) is 0. The third kappa shape index (κ3) is 0.884. The summed E-state index contributed by atoms with van der Waals surface area (Å²) in [4.78, 5) is 10.9. The summed E-state index contributed by atoms with van der Waals surface area (Å²) in [5.74, 6) is 0. The quantitative estimate of drug-likeness (QED) is 0.539. The lowest BCUT2D eigenvalue weighted by Crippen LogP contribution is -1.73. The summed E-state index contributed by atoms with van der Waals surface area (Å²) >= 11 is 4.10. The number of nitroso groups, excluding NO2 is 1. The Labute approximate surface area is 72.1 Å². The fraction of sp³-hybridized carbons (Fsp3) is 0. The Morgan fingerprint density at radius 1 is 1.33 bits per heavy atom. The van der Waals surface area contributed by atoms with Gasteiger partial charge in [0.1, 0.15) is 5.69 Å². The minimum atomic E-state index is 0.212. The van der Waals surface area contributed by atoms with Gasteiger partial charge in [0.15, 0.2) is 11.0 Å². The van der Waals surface area contributed by atoms with Crippen molar-refractivity contribution in [2.45, 2.75) is 4.90 Å². The van der Waals surface area contributed by atoms with Gasteiger partial charge in [-0.3, -0.25) is 0 Å². The number of aromatic nitrogens is 2. The molecular weight excluding hydrogens is 178 g/mol. The molecule has 0 fully saturated rings. The summed E-state index contributed by atoms with van der Waals surface area (Å²) in [7, 11) is 0. The molecule has 1 aromatic heterocycles. The fourth-order valence-corrected chi connectivity index (χ4v) is 1.14. The molecule has 0 unspecified atom stereocenters. The van der Waals surface area contributed by atoms with E-state index in [1.807, 2.05) is 0 Å². The van der Waals surface area contributed by atoms with Crippen LogP contribution >= 0.6 is 12.6 Å². The predicted octanol–water partition coefficient (Wildman–Crippen LogP) is 1.91. The summed E-state index contributed by atoms with van der Waals surface area (Å²) in [6, 6.07) is 3.13. The molecular formula is C6H3N3O2S. The van der Waals surface area contributed by atoms with E-state index in [9.17, 15) is 4.91 Å². The maximum absolute atomic E-state index is 10.2. The molecule has 1 heterocycles. The van der Waals surface area contributed by atoms with Crippen LogP contribution in [0.3, 0.4) is 0 Å². The second kappa shape index (κ2) is 2.56. The highest BCUT2D eigenvalue weighted by Gasteiger charge is 2.09. The molecule has 2 aromatic rings. The van der Waals surface area contributed by atoms with Crippen molar-refractivity contribution >= 4 is 29.3 Å². The number of nitrogens with zero attached hydrogens (tertiary/aromatic N) is 3. The zero-order valence-electron chi connectivity index (χ0n) is 5.76. The average Bonchev–Trinajstić information content (AvgIpc) is 2.54. The largest absolute Gasteiger partial charge is 0.243 e. The van der Waals surface area contributed by atoms with Crippen LogP contribution in [0.4, 0.5) is 5.69 Å². The zero-order chi connectivity index (χ0) is 8.55. The number of rotatable bonds is 1. The van der Waals surface area contributed by atoms with Gasteiger partial charge in [0.05, 0.1) is 0 Å². The van der Waals surface area contributed by atoms with Crippen molar-refractivity contribution in [2.24, 2.45) is 5.18 Å². The summed E-state index contributed by atoms with van der Waals surface area (Å²) < 4.78 is 4.44. The van der Waals surface area contributed by atoms with Crippen molar-refractivity contribution in [1.29, 1.82) is 0 Å². The number of hydrogen-bond acceptors (Lipinski definition) is 6. The molecule has 1 aromatic carbocycles. The molecule has 0 aliphatic heterocycles. The van der Waals surface area contributed by atoms with Crippen LogP contribution in [0.2, 0.25) is 0 Å². The van der Waals surface area contributed by atoms with E-state index in [1.165, 1.54) is 6.07 Å². The van der Waals surface area contributed by atoms with Crippen LogP contribution in [-0.2, 0) is 0 Å². The molecule has 0 bridgehead atoms. The van der Waals surface area contributed by atoms with Gasteiger partial charge in [-0.15, -0.1) is 17.5 Å². The molecule has 0 N–H and O–H groups in total. The Morgan fingerprint density at radius 2 is 2.08 bits per heavy atom. The van der Waals surface area contributed by atoms with Crippen molar-refractivity contribution in [1.82, 2.24) is 10.3 Å². The van der Waals surface area contributed by atoms with Crippen molar-refractivity contribution < 1.29 is 4.63 Å². The molecule has 2 rings (SSSR count). The summed E-state index contributed by atoms with van der Waals surface area (Å²) in [5.41, 5.74) is 1.01. The monoisotopic (exact) mass is 181 g/mol. The van der Waals surface area contributed by atoms with Gasteiger partial charge in [0.2, 0.25) is 0 Å². The second-order valence-electron chi connectivity index (χ2n) is 2.16. The molecule has 12 heavy (non-hydrogen) atoms. The zero-order valence-corrected chi connectivity index (χ0v) is 6.65. The molecule has 5 nitrogen and oxygen atoms in total. The van der Waals surface area contributed by atoms with E-state index in [0.29, 0.717) is 15.9 Å². The van der Waals surface area contributed by atoms with E-state index < -0.39 is 0 Å². The first-order valence-electron chi connectivity index (χ1n) is 3.10. The molecule has 0 amide bonds. The Hall–Kier alpha value is -1.43. The summed E-state index contributed by atoms with van der Waals surface area (Å²) in [5, 5.41) is 9.85. The topological polar surface area (TPSA) is 68.3 Å². The normalized spacial score (nSPS) is 10.4. The standard InChI is InChI=1S/C6H3N3O2S/c10-7-3-1-2-4(12)6-5(3)8-11-9-6/h1-2,12H. The van der Waals surface area contributed by atoms with Crippen LogP contribution in [0.15, 0.2) is 26.8 Å². The Balaban J connectivity index is 2.91. The van der Waals surface area contributed by atoms with Gasteiger partial charge in [-0.25, -0.2) is 4.63 Å². The average molecular weight is 181 g/mol. The van der Waals surface area contributed by atoms with E-state index in [0.717, 1.165) is 0 Å². The third-order valence-electron chi connectivity index (χ3n) is 1.47. The minimum Gasteiger partial charge on any atom is -0.243 e. The van der Waals surface area contributed by atoms with E-state index >= 15 is 0 Å². The lowest BCUT2D eigenvalue weighted by atomic mass is 10.3.